The molecule has 3 nitrogen and oxygen atoms in total. The van der Waals surface area contributed by atoms with Crippen LogP contribution in [0.15, 0.2) is 22.7 Å². The number of hydrogen-bond acceptors (Lipinski definition) is 3. The number of sulfone groups is 1. The molecule has 0 unspecified atom stereocenters. The third-order valence-corrected chi connectivity index (χ3v) is 4.20. The fourth-order valence-corrected chi connectivity index (χ4v) is 3.04. The summed E-state index contributed by atoms with van der Waals surface area (Å²) in [4.78, 5) is 0. The lowest BCUT2D eigenvalue weighted by atomic mass is 10.2. The van der Waals surface area contributed by atoms with Gasteiger partial charge in [-0.05, 0) is 25.1 Å². The van der Waals surface area contributed by atoms with E-state index in [1.165, 1.54) is 12.1 Å². The number of rotatable bonds is 5. The summed E-state index contributed by atoms with van der Waals surface area (Å²) >= 11 is 3.11. The van der Waals surface area contributed by atoms with Crippen LogP contribution >= 0.6 is 15.9 Å². The Morgan fingerprint density at radius 3 is 2.62 bits per heavy atom. The molecule has 6 heteroatoms. The Balaban J connectivity index is 2.80. The SMILES string of the molecule is NCCCS(=O)(=O)Cc1ccc(Br)cc1F. The fraction of sp³-hybridized carbons (Fsp3) is 0.400. The molecular weight excluding hydrogens is 297 g/mol. The average Bonchev–Trinajstić information content (AvgIpc) is 2.19. The van der Waals surface area contributed by atoms with Gasteiger partial charge in [0.15, 0.2) is 9.84 Å². The first-order valence-corrected chi connectivity index (χ1v) is 7.40. The summed E-state index contributed by atoms with van der Waals surface area (Å²) in [5.41, 5.74) is 5.43. The zero-order valence-corrected chi connectivity index (χ0v) is 11.0. The highest BCUT2D eigenvalue weighted by Gasteiger charge is 2.14. The summed E-state index contributed by atoms with van der Waals surface area (Å²) in [6, 6.07) is 4.35. The average molecular weight is 310 g/mol. The molecule has 0 atom stereocenters. The van der Waals surface area contributed by atoms with Gasteiger partial charge >= 0.3 is 0 Å². The van der Waals surface area contributed by atoms with Gasteiger partial charge in [-0.2, -0.15) is 0 Å². The Morgan fingerprint density at radius 1 is 1.38 bits per heavy atom. The molecule has 0 heterocycles. The van der Waals surface area contributed by atoms with Crippen LogP contribution in [-0.4, -0.2) is 20.7 Å². The van der Waals surface area contributed by atoms with Crippen molar-refractivity contribution in [1.82, 2.24) is 0 Å². The molecule has 0 aliphatic carbocycles. The van der Waals surface area contributed by atoms with Crippen molar-refractivity contribution in [2.75, 3.05) is 12.3 Å². The van der Waals surface area contributed by atoms with Gasteiger partial charge in [-0.3, -0.25) is 0 Å². The van der Waals surface area contributed by atoms with Crippen LogP contribution in [0.2, 0.25) is 0 Å². The van der Waals surface area contributed by atoms with Gasteiger partial charge in [-0.25, -0.2) is 12.8 Å². The maximum absolute atomic E-state index is 13.4. The van der Waals surface area contributed by atoms with E-state index in [-0.39, 0.29) is 17.1 Å². The van der Waals surface area contributed by atoms with Crippen molar-refractivity contribution in [1.29, 1.82) is 0 Å². The Hall–Kier alpha value is -0.460. The van der Waals surface area contributed by atoms with Gasteiger partial charge in [0.05, 0.1) is 11.5 Å². The highest BCUT2D eigenvalue weighted by molar-refractivity contribution is 9.10. The molecule has 0 aromatic heterocycles. The van der Waals surface area contributed by atoms with Gasteiger partial charge in [-0.15, -0.1) is 0 Å². The van der Waals surface area contributed by atoms with Crippen LogP contribution in [0, 0.1) is 5.82 Å². The minimum absolute atomic E-state index is 0.000988. The third kappa shape index (κ3) is 4.19. The zero-order valence-electron chi connectivity index (χ0n) is 8.62. The summed E-state index contributed by atoms with van der Waals surface area (Å²) in [5.74, 6) is -0.781. The van der Waals surface area contributed by atoms with Crippen molar-refractivity contribution >= 4 is 25.8 Å². The van der Waals surface area contributed by atoms with Gasteiger partial charge in [0.2, 0.25) is 0 Å². The molecule has 2 N–H and O–H groups in total. The van der Waals surface area contributed by atoms with E-state index in [0.29, 0.717) is 17.4 Å². The van der Waals surface area contributed by atoms with Crippen LogP contribution in [0.5, 0.6) is 0 Å². The maximum atomic E-state index is 13.4. The predicted molar refractivity (Wildman–Crippen MR) is 65.3 cm³/mol. The van der Waals surface area contributed by atoms with Crippen LogP contribution in [0.25, 0.3) is 0 Å². The van der Waals surface area contributed by atoms with Crippen LogP contribution < -0.4 is 5.73 Å². The second-order valence-corrected chi connectivity index (χ2v) is 6.57. The third-order valence-electron chi connectivity index (χ3n) is 2.05. The molecule has 1 rings (SSSR count). The summed E-state index contributed by atoms with van der Waals surface area (Å²) < 4.78 is 37.1. The van der Waals surface area contributed by atoms with Crippen molar-refractivity contribution in [3.63, 3.8) is 0 Å². The molecule has 0 radical (unpaired) electrons. The molecule has 0 aliphatic rings. The van der Waals surface area contributed by atoms with E-state index in [1.54, 1.807) is 6.07 Å². The maximum Gasteiger partial charge on any atom is 0.154 e. The molecule has 16 heavy (non-hydrogen) atoms. The van der Waals surface area contributed by atoms with Gasteiger partial charge in [-0.1, -0.05) is 22.0 Å². The number of nitrogens with two attached hydrogens (primary N) is 1. The minimum atomic E-state index is -3.27. The lowest BCUT2D eigenvalue weighted by Gasteiger charge is -2.05. The zero-order chi connectivity index (χ0) is 12.2. The van der Waals surface area contributed by atoms with Crippen molar-refractivity contribution in [2.24, 2.45) is 5.73 Å². The topological polar surface area (TPSA) is 60.2 Å². The lowest BCUT2D eigenvalue weighted by molar-refractivity contribution is 0.585. The predicted octanol–water partition coefficient (Wildman–Crippen LogP) is 1.85. The molecule has 0 aliphatic heterocycles. The first-order valence-electron chi connectivity index (χ1n) is 4.79. The summed E-state index contributed by atoms with van der Waals surface area (Å²) in [6.45, 7) is 0.321. The normalized spacial score (nSPS) is 11.7. The lowest BCUT2D eigenvalue weighted by Crippen LogP contribution is -2.13. The Labute approximate surface area is 103 Å². The molecule has 0 fully saturated rings. The van der Waals surface area contributed by atoms with Gasteiger partial charge in [0.25, 0.3) is 0 Å². The molecule has 0 saturated heterocycles. The second kappa shape index (κ2) is 5.75. The number of hydrogen-bond donors (Lipinski definition) is 1. The highest BCUT2D eigenvalue weighted by Crippen LogP contribution is 2.17. The fourth-order valence-electron chi connectivity index (χ4n) is 1.25. The Kier molecular flexibility index (Phi) is 4.89. The highest BCUT2D eigenvalue weighted by atomic mass is 79.9. The standard InChI is InChI=1S/C10H13BrFNO2S/c11-9-3-2-8(10(12)6-9)7-16(14,15)5-1-4-13/h2-3,6H,1,4-5,7,13H2. The summed E-state index contributed by atoms with van der Waals surface area (Å²) in [5, 5.41) is 0. The van der Waals surface area contributed by atoms with Crippen LogP contribution in [0.3, 0.4) is 0 Å². The van der Waals surface area contributed by atoms with Crippen LogP contribution in [0.1, 0.15) is 12.0 Å². The number of benzene rings is 1. The minimum Gasteiger partial charge on any atom is -0.330 e. The summed E-state index contributed by atoms with van der Waals surface area (Å²) in [7, 11) is -3.27. The van der Waals surface area contributed by atoms with Gasteiger partial charge in [0.1, 0.15) is 5.82 Å². The van der Waals surface area contributed by atoms with E-state index >= 15 is 0 Å². The van der Waals surface area contributed by atoms with E-state index in [1.807, 2.05) is 0 Å². The van der Waals surface area contributed by atoms with E-state index in [0.717, 1.165) is 0 Å². The van der Waals surface area contributed by atoms with Crippen molar-refractivity contribution in [3.8, 4) is 0 Å². The molecule has 0 saturated carbocycles. The molecule has 0 spiro atoms. The molecule has 0 amide bonds. The largest absolute Gasteiger partial charge is 0.330 e. The van der Waals surface area contributed by atoms with Crippen molar-refractivity contribution in [2.45, 2.75) is 12.2 Å². The van der Waals surface area contributed by atoms with Crippen LogP contribution in [0.4, 0.5) is 4.39 Å². The van der Waals surface area contributed by atoms with Gasteiger partial charge in [0, 0.05) is 10.0 Å². The first kappa shape index (κ1) is 13.6. The van der Waals surface area contributed by atoms with Crippen molar-refractivity contribution in [3.05, 3.63) is 34.1 Å². The molecule has 90 valence electrons. The van der Waals surface area contributed by atoms with Crippen molar-refractivity contribution < 1.29 is 12.8 Å². The van der Waals surface area contributed by atoms with E-state index in [4.69, 9.17) is 5.73 Å². The first-order chi connectivity index (χ1) is 7.44. The Bertz CT molecular complexity index is 462. The molecular formula is C10H13BrFNO2S. The van der Waals surface area contributed by atoms with E-state index in [2.05, 4.69) is 15.9 Å². The molecule has 1 aromatic rings. The monoisotopic (exact) mass is 309 g/mol. The quantitative estimate of drug-likeness (QED) is 0.903. The van der Waals surface area contributed by atoms with Gasteiger partial charge < -0.3 is 5.73 Å². The molecule has 1 aromatic carbocycles. The Morgan fingerprint density at radius 2 is 2.06 bits per heavy atom. The van der Waals surface area contributed by atoms with E-state index in [9.17, 15) is 12.8 Å². The van der Waals surface area contributed by atoms with E-state index < -0.39 is 15.7 Å². The second-order valence-electron chi connectivity index (χ2n) is 3.47. The molecule has 0 bridgehead atoms. The number of halogens is 2. The smallest absolute Gasteiger partial charge is 0.154 e. The summed E-state index contributed by atoms with van der Waals surface area (Å²) in [6.07, 6.45) is 0.403. The van der Waals surface area contributed by atoms with Crippen LogP contribution in [-0.2, 0) is 15.6 Å².